The molecule has 4 N–H and O–H groups in total. The van der Waals surface area contributed by atoms with Crippen LogP contribution in [-0.4, -0.2) is 27.1 Å². The monoisotopic (exact) mass is 413 g/mol. The van der Waals surface area contributed by atoms with Crippen molar-refractivity contribution in [3.05, 3.63) is 76.0 Å². The van der Waals surface area contributed by atoms with Gasteiger partial charge in [-0.25, -0.2) is 0 Å². The number of hydrogen-bond donors (Lipinski definition) is 3. The van der Waals surface area contributed by atoms with Gasteiger partial charge in [-0.3, -0.25) is 0 Å². The lowest BCUT2D eigenvalue weighted by atomic mass is 10.2. The number of phenolic OH excluding ortho intramolecular Hbond substituents is 1. The SMILES string of the molecule is CNc1ccccc1.Clc1nc(Cl)nc(Cl)n1.NCc1ccc(O)cc1. The predicted molar refractivity (Wildman–Crippen MR) is 107 cm³/mol. The smallest absolute Gasteiger partial charge is 0.227 e. The van der Waals surface area contributed by atoms with Crippen molar-refractivity contribution in [3.63, 3.8) is 0 Å². The topological polar surface area (TPSA) is 97.0 Å². The van der Waals surface area contributed by atoms with E-state index in [4.69, 9.17) is 45.6 Å². The van der Waals surface area contributed by atoms with E-state index >= 15 is 0 Å². The van der Waals surface area contributed by atoms with Crippen molar-refractivity contribution in [2.75, 3.05) is 12.4 Å². The third kappa shape index (κ3) is 9.39. The zero-order valence-corrected chi connectivity index (χ0v) is 16.2. The zero-order valence-electron chi connectivity index (χ0n) is 13.9. The highest BCUT2D eigenvalue weighted by atomic mass is 35.5. The number of phenols is 1. The van der Waals surface area contributed by atoms with Crippen LogP contribution in [0.4, 0.5) is 5.69 Å². The number of nitrogens with zero attached hydrogens (tertiary/aromatic N) is 3. The summed E-state index contributed by atoms with van der Waals surface area (Å²) in [7, 11) is 1.91. The molecule has 2 aromatic carbocycles. The van der Waals surface area contributed by atoms with E-state index in [1.54, 1.807) is 24.3 Å². The van der Waals surface area contributed by atoms with E-state index in [0.29, 0.717) is 6.54 Å². The van der Waals surface area contributed by atoms with Gasteiger partial charge in [0.15, 0.2) is 0 Å². The molecule has 138 valence electrons. The standard InChI is InChI=1S/C7H9NO.C7H9N.C3Cl3N3/c8-5-6-1-3-7(9)4-2-6;1-8-7-5-3-2-4-6-7;4-1-7-2(5)9-3(6)8-1/h1-4,9H,5,8H2;2-6,8H,1H3;. The molecule has 0 aliphatic carbocycles. The molecule has 0 atom stereocenters. The van der Waals surface area contributed by atoms with Crippen molar-refractivity contribution in [2.24, 2.45) is 5.73 Å². The van der Waals surface area contributed by atoms with Gasteiger partial charge < -0.3 is 16.2 Å². The van der Waals surface area contributed by atoms with E-state index in [2.05, 4.69) is 20.3 Å². The number of aromatic nitrogens is 3. The largest absolute Gasteiger partial charge is 0.508 e. The molecule has 0 aliphatic heterocycles. The average Bonchev–Trinajstić information content (AvgIpc) is 2.63. The highest BCUT2D eigenvalue weighted by Crippen LogP contribution is 2.09. The molecule has 26 heavy (non-hydrogen) atoms. The number of aromatic hydroxyl groups is 1. The summed E-state index contributed by atoms with van der Waals surface area (Å²) in [6, 6.07) is 16.9. The third-order valence-corrected chi connectivity index (χ3v) is 3.30. The van der Waals surface area contributed by atoms with E-state index in [9.17, 15) is 0 Å². The molecule has 0 aliphatic rings. The van der Waals surface area contributed by atoms with Crippen LogP contribution >= 0.6 is 34.8 Å². The Balaban J connectivity index is 0.000000195. The summed E-state index contributed by atoms with van der Waals surface area (Å²) in [6.07, 6.45) is 0. The summed E-state index contributed by atoms with van der Waals surface area (Å²) in [5, 5.41) is 11.8. The van der Waals surface area contributed by atoms with Crippen LogP contribution in [0.15, 0.2) is 54.6 Å². The van der Waals surface area contributed by atoms with Crippen molar-refractivity contribution in [3.8, 4) is 5.75 Å². The number of nitrogens with one attached hydrogen (secondary N) is 1. The molecule has 0 spiro atoms. The van der Waals surface area contributed by atoms with Gasteiger partial charge in [-0.15, -0.1) is 0 Å². The summed E-state index contributed by atoms with van der Waals surface area (Å²) in [6.45, 7) is 0.528. The van der Waals surface area contributed by atoms with E-state index in [-0.39, 0.29) is 21.6 Å². The summed E-state index contributed by atoms with van der Waals surface area (Å²) >= 11 is 16.0. The highest BCUT2D eigenvalue weighted by Gasteiger charge is 1.97. The second-order valence-corrected chi connectivity index (χ2v) is 5.64. The minimum Gasteiger partial charge on any atom is -0.508 e. The molecule has 6 nitrogen and oxygen atoms in total. The van der Waals surface area contributed by atoms with E-state index in [1.165, 1.54) is 0 Å². The Hall–Kier alpha value is -2.12. The van der Waals surface area contributed by atoms with Gasteiger partial charge in [0.2, 0.25) is 15.9 Å². The second kappa shape index (κ2) is 12.3. The Labute approximate surface area is 167 Å². The highest BCUT2D eigenvalue weighted by molar-refractivity contribution is 6.33. The molecule has 1 heterocycles. The van der Waals surface area contributed by atoms with Crippen LogP contribution in [0.2, 0.25) is 15.9 Å². The van der Waals surface area contributed by atoms with Gasteiger partial charge >= 0.3 is 0 Å². The van der Waals surface area contributed by atoms with Crippen molar-refractivity contribution in [2.45, 2.75) is 6.54 Å². The van der Waals surface area contributed by atoms with E-state index < -0.39 is 0 Å². The Morgan fingerprint density at radius 3 is 1.65 bits per heavy atom. The molecule has 1 aromatic heterocycles. The minimum atomic E-state index is 0.000000000000000444. The normalized spacial score (nSPS) is 9.27. The number of halogens is 3. The van der Waals surface area contributed by atoms with Crippen molar-refractivity contribution >= 4 is 40.5 Å². The first kappa shape index (κ1) is 21.9. The Bertz CT molecular complexity index is 723. The van der Waals surface area contributed by atoms with Gasteiger partial charge in [-0.05, 0) is 64.6 Å². The van der Waals surface area contributed by atoms with Gasteiger partial charge in [-0.1, -0.05) is 30.3 Å². The maximum atomic E-state index is 8.81. The molecule has 0 unspecified atom stereocenters. The molecule has 9 heteroatoms. The van der Waals surface area contributed by atoms with Crippen LogP contribution in [0.1, 0.15) is 5.56 Å². The van der Waals surface area contributed by atoms with Crippen LogP contribution in [0.5, 0.6) is 5.75 Å². The molecule has 0 fully saturated rings. The summed E-state index contributed by atoms with van der Waals surface area (Å²) in [5.41, 5.74) is 7.51. The Kier molecular flexibility index (Phi) is 10.3. The number of nitrogens with two attached hydrogens (primary N) is 1. The predicted octanol–water partition coefficient (Wildman–Crippen LogP) is 4.41. The molecular formula is C17H18Cl3N5O. The van der Waals surface area contributed by atoms with Gasteiger partial charge in [-0.2, -0.15) is 15.0 Å². The number of benzene rings is 2. The fraction of sp³-hybridized carbons (Fsp3) is 0.118. The molecule has 0 radical (unpaired) electrons. The van der Waals surface area contributed by atoms with Gasteiger partial charge in [0.1, 0.15) is 5.75 Å². The first-order valence-corrected chi connectivity index (χ1v) is 8.51. The van der Waals surface area contributed by atoms with Gasteiger partial charge in [0.25, 0.3) is 0 Å². The summed E-state index contributed by atoms with van der Waals surface area (Å²) in [5.74, 6) is 0.284. The lowest BCUT2D eigenvalue weighted by Crippen LogP contribution is -1.94. The van der Waals surface area contributed by atoms with E-state index in [1.807, 2.05) is 37.4 Å². The molecule has 0 saturated carbocycles. The molecule has 3 rings (SSSR count). The first-order chi connectivity index (χ1) is 12.4. The molecule has 0 saturated heterocycles. The fourth-order valence-electron chi connectivity index (χ4n) is 1.54. The lowest BCUT2D eigenvalue weighted by Gasteiger charge is -1.94. The summed E-state index contributed by atoms with van der Waals surface area (Å²) in [4.78, 5) is 10.4. The second-order valence-electron chi connectivity index (χ2n) is 4.63. The van der Waals surface area contributed by atoms with Crippen molar-refractivity contribution < 1.29 is 5.11 Å². The summed E-state index contributed by atoms with van der Waals surface area (Å²) < 4.78 is 0. The molecule has 0 amide bonds. The van der Waals surface area contributed by atoms with E-state index in [0.717, 1.165) is 11.3 Å². The number of rotatable bonds is 2. The van der Waals surface area contributed by atoms with Gasteiger partial charge in [0, 0.05) is 19.3 Å². The average molecular weight is 415 g/mol. The minimum absolute atomic E-state index is 0.000000000000000444. The molecule has 3 aromatic rings. The Morgan fingerprint density at radius 2 is 1.31 bits per heavy atom. The first-order valence-electron chi connectivity index (χ1n) is 7.38. The molecular weight excluding hydrogens is 397 g/mol. The lowest BCUT2D eigenvalue weighted by molar-refractivity contribution is 0.475. The van der Waals surface area contributed by atoms with Crippen LogP contribution in [0.3, 0.4) is 0 Å². The maximum absolute atomic E-state index is 8.81. The zero-order chi connectivity index (χ0) is 19.4. The van der Waals surface area contributed by atoms with Crippen LogP contribution in [-0.2, 0) is 6.54 Å². The van der Waals surface area contributed by atoms with Crippen LogP contribution < -0.4 is 11.1 Å². The molecule has 0 bridgehead atoms. The quantitative estimate of drug-likeness (QED) is 0.574. The van der Waals surface area contributed by atoms with Crippen molar-refractivity contribution in [1.29, 1.82) is 0 Å². The van der Waals surface area contributed by atoms with Crippen LogP contribution in [0, 0.1) is 0 Å². The fourth-order valence-corrected chi connectivity index (χ4v) is 2.15. The Morgan fingerprint density at radius 1 is 0.846 bits per heavy atom. The van der Waals surface area contributed by atoms with Crippen molar-refractivity contribution in [1.82, 2.24) is 15.0 Å². The third-order valence-electron chi connectivity index (χ3n) is 2.79. The maximum Gasteiger partial charge on any atom is 0.227 e. The van der Waals surface area contributed by atoms with Crippen LogP contribution in [0.25, 0.3) is 0 Å². The number of hydrogen-bond acceptors (Lipinski definition) is 6. The number of para-hydroxylation sites is 1. The number of anilines is 1. The van der Waals surface area contributed by atoms with Gasteiger partial charge in [0.05, 0.1) is 0 Å².